The Bertz CT molecular complexity index is 663. The van der Waals surface area contributed by atoms with Crippen LogP contribution in [0.5, 0.6) is 0 Å². The van der Waals surface area contributed by atoms with Crippen molar-refractivity contribution in [1.29, 1.82) is 0 Å². The molecule has 0 spiro atoms. The molecule has 2 aromatic rings. The van der Waals surface area contributed by atoms with Crippen LogP contribution in [0.3, 0.4) is 0 Å². The van der Waals surface area contributed by atoms with Gasteiger partial charge in [-0.25, -0.2) is 4.68 Å². The van der Waals surface area contributed by atoms with Crippen LogP contribution in [0.2, 0.25) is 0 Å². The highest BCUT2D eigenvalue weighted by molar-refractivity contribution is 5.82. The minimum absolute atomic E-state index is 0.0361. The first kappa shape index (κ1) is 15.6. The number of amides is 1. The summed E-state index contributed by atoms with van der Waals surface area (Å²) in [4.78, 5) is 14.6. The van der Waals surface area contributed by atoms with E-state index in [2.05, 4.69) is 32.6 Å². The molecule has 0 saturated heterocycles. The quantitative estimate of drug-likeness (QED) is 0.801. The zero-order valence-corrected chi connectivity index (χ0v) is 13.6. The van der Waals surface area contributed by atoms with Gasteiger partial charge in [0.05, 0.1) is 12.5 Å². The number of tetrazole rings is 1. The SMILES string of the molecule is CCCn1cnnc1CN(C)C(=O)C1CCCCn2nnnc21. The van der Waals surface area contributed by atoms with Crippen molar-refractivity contribution < 1.29 is 4.79 Å². The summed E-state index contributed by atoms with van der Waals surface area (Å²) in [5.41, 5.74) is 0. The Hall–Kier alpha value is -2.32. The zero-order valence-electron chi connectivity index (χ0n) is 13.6. The largest absolute Gasteiger partial charge is 0.338 e. The van der Waals surface area contributed by atoms with E-state index in [-0.39, 0.29) is 11.8 Å². The molecule has 1 aliphatic heterocycles. The molecule has 9 nitrogen and oxygen atoms in total. The lowest BCUT2D eigenvalue weighted by molar-refractivity contribution is -0.132. The Morgan fingerprint density at radius 3 is 3.09 bits per heavy atom. The van der Waals surface area contributed by atoms with E-state index in [9.17, 15) is 4.79 Å². The molecule has 23 heavy (non-hydrogen) atoms. The fourth-order valence-corrected chi connectivity index (χ4v) is 2.98. The monoisotopic (exact) mass is 318 g/mol. The van der Waals surface area contributed by atoms with Crippen molar-refractivity contribution in [2.45, 2.75) is 58.2 Å². The molecule has 0 N–H and O–H groups in total. The third kappa shape index (κ3) is 3.22. The van der Waals surface area contributed by atoms with Crippen molar-refractivity contribution >= 4 is 5.91 Å². The summed E-state index contributed by atoms with van der Waals surface area (Å²) >= 11 is 0. The van der Waals surface area contributed by atoms with Gasteiger partial charge >= 0.3 is 0 Å². The lowest BCUT2D eigenvalue weighted by Gasteiger charge is -2.22. The summed E-state index contributed by atoms with van der Waals surface area (Å²) in [5, 5.41) is 19.8. The molecule has 2 aromatic heterocycles. The minimum Gasteiger partial charge on any atom is -0.338 e. The maximum Gasteiger partial charge on any atom is 0.233 e. The van der Waals surface area contributed by atoms with Crippen LogP contribution >= 0.6 is 0 Å². The first-order valence-corrected chi connectivity index (χ1v) is 8.08. The zero-order chi connectivity index (χ0) is 16.2. The first-order chi connectivity index (χ1) is 11.2. The van der Waals surface area contributed by atoms with E-state index < -0.39 is 0 Å². The smallest absolute Gasteiger partial charge is 0.233 e. The predicted octanol–water partition coefficient (Wildman–Crippen LogP) is 0.601. The summed E-state index contributed by atoms with van der Waals surface area (Å²) in [5.74, 6) is 1.24. The molecule has 0 fully saturated rings. The molecule has 1 atom stereocenters. The number of aryl methyl sites for hydroxylation is 2. The van der Waals surface area contributed by atoms with Gasteiger partial charge in [0.15, 0.2) is 11.6 Å². The Balaban J connectivity index is 1.74. The van der Waals surface area contributed by atoms with Gasteiger partial charge in [0.2, 0.25) is 5.91 Å². The minimum atomic E-state index is -0.278. The lowest BCUT2D eigenvalue weighted by atomic mass is 10.0. The van der Waals surface area contributed by atoms with Crippen LogP contribution in [0.4, 0.5) is 0 Å². The van der Waals surface area contributed by atoms with Gasteiger partial charge in [-0.1, -0.05) is 13.3 Å². The molecule has 0 bridgehead atoms. The van der Waals surface area contributed by atoms with Crippen LogP contribution in [0.25, 0.3) is 0 Å². The number of nitrogens with zero attached hydrogens (tertiary/aromatic N) is 8. The molecule has 3 rings (SSSR count). The van der Waals surface area contributed by atoms with E-state index in [0.29, 0.717) is 12.4 Å². The number of fused-ring (bicyclic) bond motifs is 1. The number of aromatic nitrogens is 7. The average molecular weight is 318 g/mol. The molecule has 1 unspecified atom stereocenters. The number of likely N-dealkylation sites (N-methyl/N-ethyl adjacent to an activating group) is 1. The van der Waals surface area contributed by atoms with Crippen LogP contribution in [-0.2, 0) is 24.4 Å². The number of hydrogen-bond acceptors (Lipinski definition) is 6. The van der Waals surface area contributed by atoms with Gasteiger partial charge in [0.25, 0.3) is 0 Å². The van der Waals surface area contributed by atoms with Crippen molar-refractivity contribution in [2.75, 3.05) is 7.05 Å². The third-order valence-corrected chi connectivity index (χ3v) is 4.20. The predicted molar refractivity (Wildman–Crippen MR) is 81.2 cm³/mol. The molecular weight excluding hydrogens is 296 g/mol. The van der Waals surface area contributed by atoms with E-state index in [1.165, 1.54) is 0 Å². The molecule has 3 heterocycles. The number of rotatable bonds is 5. The van der Waals surface area contributed by atoms with Crippen LogP contribution in [-0.4, -0.2) is 52.8 Å². The van der Waals surface area contributed by atoms with Crippen molar-refractivity contribution in [1.82, 2.24) is 39.9 Å². The topological polar surface area (TPSA) is 94.6 Å². The molecule has 0 aromatic carbocycles. The number of carbonyl (C=O) groups excluding carboxylic acids is 1. The van der Waals surface area contributed by atoms with E-state index >= 15 is 0 Å². The van der Waals surface area contributed by atoms with Gasteiger partial charge in [-0.2, -0.15) is 0 Å². The van der Waals surface area contributed by atoms with Crippen LogP contribution < -0.4 is 0 Å². The second-order valence-electron chi connectivity index (χ2n) is 5.94. The van der Waals surface area contributed by atoms with Gasteiger partial charge in [0.1, 0.15) is 6.33 Å². The van der Waals surface area contributed by atoms with Crippen molar-refractivity contribution in [3.63, 3.8) is 0 Å². The highest BCUT2D eigenvalue weighted by atomic mass is 16.2. The summed E-state index contributed by atoms with van der Waals surface area (Å²) in [6, 6.07) is 0. The molecule has 9 heteroatoms. The molecular formula is C14H22N8O. The second-order valence-corrected chi connectivity index (χ2v) is 5.94. The summed E-state index contributed by atoms with van der Waals surface area (Å²) < 4.78 is 3.74. The second kappa shape index (κ2) is 6.84. The molecule has 124 valence electrons. The molecule has 0 radical (unpaired) electrons. The van der Waals surface area contributed by atoms with Crippen LogP contribution in [0.1, 0.15) is 50.2 Å². The lowest BCUT2D eigenvalue weighted by Crippen LogP contribution is -2.33. The first-order valence-electron chi connectivity index (χ1n) is 8.08. The Labute approximate surface area is 134 Å². The Morgan fingerprint density at radius 2 is 2.26 bits per heavy atom. The molecule has 0 aliphatic carbocycles. The standard InChI is InChI=1S/C14H22N8O/c1-3-7-21-10-15-16-12(21)9-20(2)14(23)11-6-4-5-8-22-13(11)17-18-19-22/h10-11H,3-9H2,1-2H3. The van der Waals surface area contributed by atoms with E-state index in [1.54, 1.807) is 23.0 Å². The summed E-state index contributed by atoms with van der Waals surface area (Å²) in [6.07, 6.45) is 5.48. The van der Waals surface area contributed by atoms with Crippen molar-refractivity contribution in [3.8, 4) is 0 Å². The highest BCUT2D eigenvalue weighted by Gasteiger charge is 2.31. The fraction of sp³-hybridized carbons (Fsp3) is 0.714. The van der Waals surface area contributed by atoms with Crippen molar-refractivity contribution in [2.24, 2.45) is 0 Å². The maximum absolute atomic E-state index is 12.9. The Morgan fingerprint density at radius 1 is 1.39 bits per heavy atom. The van der Waals surface area contributed by atoms with Crippen LogP contribution in [0, 0.1) is 0 Å². The van der Waals surface area contributed by atoms with E-state index in [0.717, 1.165) is 44.6 Å². The van der Waals surface area contributed by atoms with Gasteiger partial charge in [-0.3, -0.25) is 4.79 Å². The van der Waals surface area contributed by atoms with E-state index in [4.69, 9.17) is 0 Å². The van der Waals surface area contributed by atoms with Crippen LogP contribution in [0.15, 0.2) is 6.33 Å². The van der Waals surface area contributed by atoms with Gasteiger partial charge in [-0.05, 0) is 29.7 Å². The summed E-state index contributed by atoms with van der Waals surface area (Å²) in [6.45, 7) is 4.17. The van der Waals surface area contributed by atoms with Gasteiger partial charge in [-0.15, -0.1) is 15.3 Å². The van der Waals surface area contributed by atoms with E-state index in [1.807, 2.05) is 4.57 Å². The molecule has 0 saturated carbocycles. The van der Waals surface area contributed by atoms with Gasteiger partial charge < -0.3 is 9.47 Å². The number of carbonyl (C=O) groups is 1. The Kier molecular flexibility index (Phi) is 4.63. The maximum atomic E-state index is 12.9. The average Bonchev–Trinajstić information content (AvgIpc) is 3.13. The fourth-order valence-electron chi connectivity index (χ4n) is 2.98. The number of hydrogen-bond donors (Lipinski definition) is 0. The third-order valence-electron chi connectivity index (χ3n) is 4.20. The molecule has 1 amide bonds. The summed E-state index contributed by atoms with van der Waals surface area (Å²) in [7, 11) is 1.80. The molecule has 1 aliphatic rings. The van der Waals surface area contributed by atoms with Crippen molar-refractivity contribution in [3.05, 3.63) is 18.0 Å². The highest BCUT2D eigenvalue weighted by Crippen LogP contribution is 2.26. The van der Waals surface area contributed by atoms with Gasteiger partial charge in [0, 0.05) is 20.1 Å². The normalized spacial score (nSPS) is 17.6.